The van der Waals surface area contributed by atoms with E-state index in [1.54, 1.807) is 0 Å². The molecule has 2 aromatic rings. The molecule has 0 saturated heterocycles. The molecule has 0 fully saturated rings. The van der Waals surface area contributed by atoms with Gasteiger partial charge >= 0.3 is 0 Å². The molecular weight excluding hydrogens is 293 g/mol. The van der Waals surface area contributed by atoms with Crippen molar-refractivity contribution >= 4 is 5.91 Å². The highest BCUT2D eigenvalue weighted by atomic mass is 19.1. The summed E-state index contributed by atoms with van der Waals surface area (Å²) in [7, 11) is 0. The fourth-order valence-corrected chi connectivity index (χ4v) is 2.57. The lowest BCUT2D eigenvalue weighted by atomic mass is 9.92. The number of nitrogens with zero attached hydrogens (tertiary/aromatic N) is 2. The zero-order valence-electron chi connectivity index (χ0n) is 13.6. The molecule has 1 unspecified atom stereocenters. The molecule has 4 nitrogen and oxygen atoms in total. The molecule has 2 aromatic heterocycles. The van der Waals surface area contributed by atoms with Crippen LogP contribution in [0.5, 0.6) is 0 Å². The predicted molar refractivity (Wildman–Crippen MR) is 87.5 cm³/mol. The Morgan fingerprint density at radius 2 is 2.17 bits per heavy atom. The van der Waals surface area contributed by atoms with Gasteiger partial charge in [-0.15, -0.1) is 0 Å². The van der Waals surface area contributed by atoms with Crippen molar-refractivity contribution in [3.63, 3.8) is 0 Å². The van der Waals surface area contributed by atoms with Gasteiger partial charge in [-0.05, 0) is 42.5 Å². The molecule has 1 amide bonds. The molecule has 23 heavy (non-hydrogen) atoms. The molecular formula is C18H22FN3O. The lowest BCUT2D eigenvalue weighted by Crippen LogP contribution is -2.24. The van der Waals surface area contributed by atoms with Crippen molar-refractivity contribution < 1.29 is 9.18 Å². The number of amides is 1. The van der Waals surface area contributed by atoms with E-state index in [9.17, 15) is 9.18 Å². The van der Waals surface area contributed by atoms with Crippen LogP contribution in [0.25, 0.3) is 0 Å². The number of nitrogens with one attached hydrogen (secondary N) is 1. The summed E-state index contributed by atoms with van der Waals surface area (Å²) in [5.41, 5.74) is 1.79. The Labute approximate surface area is 136 Å². The maximum absolute atomic E-state index is 13.5. The first kappa shape index (κ1) is 17.1. The molecule has 0 aliphatic carbocycles. The van der Waals surface area contributed by atoms with Gasteiger partial charge in [0.1, 0.15) is 5.82 Å². The van der Waals surface area contributed by atoms with Gasteiger partial charge in [-0.1, -0.05) is 20.3 Å². The smallest absolute Gasteiger partial charge is 0.253 e. The number of carbonyl (C=O) groups is 1. The Morgan fingerprint density at radius 3 is 2.87 bits per heavy atom. The summed E-state index contributed by atoms with van der Waals surface area (Å²) in [5, 5.41) is 2.69. The van der Waals surface area contributed by atoms with Crippen LogP contribution in [-0.2, 0) is 6.54 Å². The van der Waals surface area contributed by atoms with Crippen molar-refractivity contribution in [3.05, 3.63) is 59.4 Å². The minimum atomic E-state index is -0.423. The van der Waals surface area contributed by atoms with Gasteiger partial charge in [0.15, 0.2) is 0 Å². The van der Waals surface area contributed by atoms with E-state index in [0.717, 1.165) is 24.8 Å². The lowest BCUT2D eigenvalue weighted by molar-refractivity contribution is 0.0949. The molecule has 0 saturated carbocycles. The second-order valence-corrected chi connectivity index (χ2v) is 5.52. The van der Waals surface area contributed by atoms with Crippen molar-refractivity contribution in [2.45, 2.75) is 45.6 Å². The molecule has 2 heterocycles. The van der Waals surface area contributed by atoms with Crippen LogP contribution in [0.4, 0.5) is 4.39 Å². The van der Waals surface area contributed by atoms with Gasteiger partial charge < -0.3 is 5.32 Å². The zero-order valence-corrected chi connectivity index (χ0v) is 13.6. The first-order chi connectivity index (χ1) is 11.2. The minimum absolute atomic E-state index is 0.0574. The number of hydrogen-bond donors (Lipinski definition) is 1. The number of halogens is 1. The average molecular weight is 315 g/mol. The Kier molecular flexibility index (Phi) is 6.20. The Hall–Kier alpha value is -2.30. The second-order valence-electron chi connectivity index (χ2n) is 5.52. The Balaban J connectivity index is 2.06. The Bertz CT molecular complexity index is 660. The maximum atomic E-state index is 13.5. The van der Waals surface area contributed by atoms with Gasteiger partial charge in [-0.3, -0.25) is 14.8 Å². The number of pyridine rings is 2. The van der Waals surface area contributed by atoms with Crippen molar-refractivity contribution in [1.29, 1.82) is 0 Å². The lowest BCUT2D eigenvalue weighted by Gasteiger charge is -2.14. The van der Waals surface area contributed by atoms with E-state index >= 15 is 0 Å². The van der Waals surface area contributed by atoms with Crippen LogP contribution in [0.3, 0.4) is 0 Å². The maximum Gasteiger partial charge on any atom is 0.253 e. The molecule has 0 spiro atoms. The monoisotopic (exact) mass is 315 g/mol. The Morgan fingerprint density at radius 1 is 1.35 bits per heavy atom. The van der Waals surface area contributed by atoms with Crippen LogP contribution < -0.4 is 5.32 Å². The number of hydrogen-bond acceptors (Lipinski definition) is 3. The second kappa shape index (κ2) is 8.36. The van der Waals surface area contributed by atoms with E-state index in [1.807, 2.05) is 12.3 Å². The van der Waals surface area contributed by atoms with E-state index in [4.69, 9.17) is 0 Å². The van der Waals surface area contributed by atoms with Crippen LogP contribution in [0.2, 0.25) is 0 Å². The van der Waals surface area contributed by atoms with Gasteiger partial charge in [0, 0.05) is 18.6 Å². The van der Waals surface area contributed by atoms with E-state index in [-0.39, 0.29) is 18.1 Å². The summed E-state index contributed by atoms with van der Waals surface area (Å²) in [4.78, 5) is 20.3. The van der Waals surface area contributed by atoms with Gasteiger partial charge in [0.25, 0.3) is 5.91 Å². The van der Waals surface area contributed by atoms with Gasteiger partial charge in [0.2, 0.25) is 0 Å². The third-order valence-electron chi connectivity index (χ3n) is 3.87. The summed E-state index contributed by atoms with van der Waals surface area (Å²) in [6, 6.07) is 4.72. The van der Waals surface area contributed by atoms with Crippen LogP contribution in [0.15, 0.2) is 36.8 Å². The molecule has 0 aromatic carbocycles. The van der Waals surface area contributed by atoms with Gasteiger partial charge in [0.05, 0.1) is 17.8 Å². The van der Waals surface area contributed by atoms with E-state index < -0.39 is 5.82 Å². The van der Waals surface area contributed by atoms with E-state index in [0.29, 0.717) is 11.5 Å². The summed E-state index contributed by atoms with van der Waals surface area (Å²) in [5.74, 6) is -0.280. The SMILES string of the molecule is CCCC(CC)c1cncc(C(=O)NCc2ncccc2F)c1. The molecule has 1 N–H and O–H groups in total. The van der Waals surface area contributed by atoms with Crippen molar-refractivity contribution in [2.24, 2.45) is 0 Å². The van der Waals surface area contributed by atoms with Crippen molar-refractivity contribution in [3.8, 4) is 0 Å². The van der Waals surface area contributed by atoms with Gasteiger partial charge in [-0.25, -0.2) is 4.39 Å². The van der Waals surface area contributed by atoms with Crippen molar-refractivity contribution in [2.75, 3.05) is 0 Å². The number of aromatic nitrogens is 2. The molecule has 0 bridgehead atoms. The number of rotatable bonds is 7. The quantitative estimate of drug-likeness (QED) is 0.844. The van der Waals surface area contributed by atoms with Crippen molar-refractivity contribution in [1.82, 2.24) is 15.3 Å². The first-order valence-corrected chi connectivity index (χ1v) is 7.98. The molecule has 1 atom stereocenters. The highest BCUT2D eigenvalue weighted by Crippen LogP contribution is 2.24. The van der Waals surface area contributed by atoms with E-state index in [2.05, 4.69) is 29.1 Å². The summed E-state index contributed by atoms with van der Waals surface area (Å²) in [6.45, 7) is 4.34. The van der Waals surface area contributed by atoms with E-state index in [1.165, 1.54) is 24.5 Å². The molecule has 0 aliphatic heterocycles. The molecule has 122 valence electrons. The van der Waals surface area contributed by atoms with Gasteiger partial charge in [-0.2, -0.15) is 0 Å². The normalized spacial score (nSPS) is 12.0. The number of carbonyl (C=O) groups excluding carboxylic acids is 1. The highest BCUT2D eigenvalue weighted by Gasteiger charge is 2.13. The molecule has 2 rings (SSSR count). The third-order valence-corrected chi connectivity index (χ3v) is 3.87. The molecule has 0 aliphatic rings. The minimum Gasteiger partial charge on any atom is -0.346 e. The third kappa shape index (κ3) is 4.58. The van der Waals surface area contributed by atoms with Crippen LogP contribution in [0, 0.1) is 5.82 Å². The van der Waals surface area contributed by atoms with Crippen LogP contribution in [0.1, 0.15) is 60.6 Å². The summed E-state index contributed by atoms with van der Waals surface area (Å²) >= 11 is 0. The van der Waals surface area contributed by atoms with Crippen LogP contribution >= 0.6 is 0 Å². The standard InChI is InChI=1S/C18H22FN3O/c1-3-6-13(4-2)14-9-15(11-20-10-14)18(23)22-12-17-16(19)7-5-8-21-17/h5,7-11,13H,3-4,6,12H2,1-2H3,(H,22,23). The average Bonchev–Trinajstić information content (AvgIpc) is 2.58. The zero-order chi connectivity index (χ0) is 16.7. The summed E-state index contributed by atoms with van der Waals surface area (Å²) < 4.78 is 13.5. The fourth-order valence-electron chi connectivity index (χ4n) is 2.57. The van der Waals surface area contributed by atoms with Crippen LogP contribution in [-0.4, -0.2) is 15.9 Å². The summed E-state index contributed by atoms with van der Waals surface area (Å²) in [6.07, 6.45) is 8.03. The fraction of sp³-hybridized carbons (Fsp3) is 0.389. The highest BCUT2D eigenvalue weighted by molar-refractivity contribution is 5.93. The molecule has 0 radical (unpaired) electrons. The predicted octanol–water partition coefficient (Wildman–Crippen LogP) is 3.84. The topological polar surface area (TPSA) is 54.9 Å². The first-order valence-electron chi connectivity index (χ1n) is 7.98. The largest absolute Gasteiger partial charge is 0.346 e. The molecule has 5 heteroatoms.